The van der Waals surface area contributed by atoms with Crippen molar-refractivity contribution in [1.82, 2.24) is 4.72 Å². The summed E-state index contributed by atoms with van der Waals surface area (Å²) in [5, 5.41) is 0. The van der Waals surface area contributed by atoms with Crippen molar-refractivity contribution < 1.29 is 8.42 Å². The topological polar surface area (TPSA) is 72.2 Å². The van der Waals surface area contributed by atoms with Gasteiger partial charge in [0, 0.05) is 13.1 Å². The Kier molecular flexibility index (Phi) is 3.81. The molecule has 1 aliphatic carbocycles. The number of nitrogens with one attached hydrogen (secondary N) is 1. The van der Waals surface area contributed by atoms with E-state index < -0.39 is 10.0 Å². The third-order valence-corrected chi connectivity index (χ3v) is 4.37. The highest BCUT2D eigenvalue weighted by Gasteiger charge is 2.27. The van der Waals surface area contributed by atoms with Crippen LogP contribution < -0.4 is 10.5 Å². The van der Waals surface area contributed by atoms with E-state index in [-0.39, 0.29) is 5.75 Å². The molecule has 0 heterocycles. The lowest BCUT2D eigenvalue weighted by Gasteiger charge is -2.07. The van der Waals surface area contributed by atoms with Gasteiger partial charge in [-0.3, -0.25) is 0 Å². The third-order valence-electron chi connectivity index (χ3n) is 2.88. The minimum Gasteiger partial charge on any atom is -0.326 e. The van der Waals surface area contributed by atoms with Gasteiger partial charge in [0.2, 0.25) is 10.0 Å². The summed E-state index contributed by atoms with van der Waals surface area (Å²) in [4.78, 5) is 0. The first-order valence-corrected chi connectivity index (χ1v) is 7.49. The van der Waals surface area contributed by atoms with Crippen LogP contribution >= 0.6 is 0 Å². The Morgan fingerprint density at radius 3 is 2.65 bits per heavy atom. The molecule has 0 aliphatic heterocycles. The predicted octanol–water partition coefficient (Wildman–Crippen LogP) is 0.975. The van der Waals surface area contributed by atoms with Crippen molar-refractivity contribution in [2.45, 2.75) is 25.9 Å². The minimum absolute atomic E-state index is 0.267. The molecular weight excluding hydrogens is 236 g/mol. The molecule has 94 valence electrons. The van der Waals surface area contributed by atoms with Crippen molar-refractivity contribution in [2.24, 2.45) is 11.7 Å². The molecule has 0 atom stereocenters. The van der Waals surface area contributed by atoms with Crippen LogP contribution in [-0.2, 0) is 23.1 Å². The normalized spacial score (nSPS) is 16.1. The molecule has 1 fully saturated rings. The van der Waals surface area contributed by atoms with Gasteiger partial charge in [-0.15, -0.1) is 0 Å². The van der Waals surface area contributed by atoms with Crippen LogP contribution in [-0.4, -0.2) is 14.2 Å². The van der Waals surface area contributed by atoms with E-state index in [1.54, 1.807) is 0 Å². The molecule has 1 aromatic carbocycles. The van der Waals surface area contributed by atoms with Crippen LogP contribution in [0.4, 0.5) is 0 Å². The average Bonchev–Trinajstić information content (AvgIpc) is 3.10. The maximum atomic E-state index is 11.7. The van der Waals surface area contributed by atoms with Gasteiger partial charge in [0.25, 0.3) is 0 Å². The lowest BCUT2D eigenvalue weighted by atomic mass is 10.1. The number of hydrogen-bond acceptors (Lipinski definition) is 3. The number of benzene rings is 1. The van der Waals surface area contributed by atoms with Gasteiger partial charge in [0.15, 0.2) is 0 Å². The second-order valence-electron chi connectivity index (χ2n) is 4.57. The molecule has 0 spiro atoms. The van der Waals surface area contributed by atoms with Crippen molar-refractivity contribution in [3.63, 3.8) is 0 Å². The highest BCUT2D eigenvalue weighted by molar-refractivity contribution is 7.89. The average molecular weight is 254 g/mol. The van der Waals surface area contributed by atoms with Crippen molar-refractivity contribution in [3.05, 3.63) is 35.4 Å². The van der Waals surface area contributed by atoms with E-state index in [0.717, 1.165) is 24.0 Å². The zero-order valence-corrected chi connectivity index (χ0v) is 10.5. The van der Waals surface area contributed by atoms with E-state index in [1.165, 1.54) is 0 Å². The lowest BCUT2D eigenvalue weighted by molar-refractivity contribution is 0.577. The third kappa shape index (κ3) is 4.11. The van der Waals surface area contributed by atoms with Crippen molar-refractivity contribution in [3.8, 4) is 0 Å². The Morgan fingerprint density at radius 2 is 2.00 bits per heavy atom. The fraction of sp³-hybridized carbons (Fsp3) is 0.500. The number of hydrogen-bond donors (Lipinski definition) is 2. The summed E-state index contributed by atoms with van der Waals surface area (Å²) in [5.74, 6) is 0.645. The lowest BCUT2D eigenvalue weighted by Crippen LogP contribution is -2.26. The quantitative estimate of drug-likeness (QED) is 0.794. The molecule has 1 saturated carbocycles. The summed E-state index contributed by atoms with van der Waals surface area (Å²) in [6, 6.07) is 7.66. The molecule has 0 unspecified atom stereocenters. The molecule has 2 rings (SSSR count). The van der Waals surface area contributed by atoms with Gasteiger partial charge in [-0.25, -0.2) is 13.1 Å². The first-order chi connectivity index (χ1) is 8.09. The Morgan fingerprint density at radius 1 is 1.29 bits per heavy atom. The maximum absolute atomic E-state index is 11.7. The molecule has 3 N–H and O–H groups in total. The van der Waals surface area contributed by atoms with Crippen molar-refractivity contribution in [1.29, 1.82) is 0 Å². The molecule has 4 nitrogen and oxygen atoms in total. The summed E-state index contributed by atoms with van der Waals surface area (Å²) in [5.41, 5.74) is 7.50. The maximum Gasteiger partial charge on any atom is 0.212 e. The van der Waals surface area contributed by atoms with Crippen molar-refractivity contribution >= 4 is 10.0 Å². The SMILES string of the molecule is NCc1cccc(CNS(=O)(=O)CC2CC2)c1. The largest absolute Gasteiger partial charge is 0.326 e. The monoisotopic (exact) mass is 254 g/mol. The first kappa shape index (κ1) is 12.5. The second kappa shape index (κ2) is 5.16. The molecule has 17 heavy (non-hydrogen) atoms. The van der Waals surface area contributed by atoms with E-state index in [1.807, 2.05) is 24.3 Å². The zero-order chi connectivity index (χ0) is 12.3. The van der Waals surface area contributed by atoms with Crippen LogP contribution in [0.2, 0.25) is 0 Å². The Balaban J connectivity index is 1.91. The van der Waals surface area contributed by atoms with Gasteiger partial charge in [-0.05, 0) is 29.9 Å². The van der Waals surface area contributed by atoms with Gasteiger partial charge in [0.05, 0.1) is 5.75 Å². The summed E-state index contributed by atoms with van der Waals surface area (Å²) in [7, 11) is -3.12. The van der Waals surface area contributed by atoms with E-state index >= 15 is 0 Å². The highest BCUT2D eigenvalue weighted by atomic mass is 32.2. The fourth-order valence-electron chi connectivity index (χ4n) is 1.71. The number of sulfonamides is 1. The Labute approximate surface area is 102 Å². The predicted molar refractivity (Wildman–Crippen MR) is 67.7 cm³/mol. The Hall–Kier alpha value is -0.910. The minimum atomic E-state index is -3.12. The first-order valence-electron chi connectivity index (χ1n) is 5.84. The van der Waals surface area contributed by atoms with Gasteiger partial charge in [-0.2, -0.15) is 0 Å². The van der Waals surface area contributed by atoms with E-state index in [0.29, 0.717) is 19.0 Å². The van der Waals surface area contributed by atoms with Crippen LogP contribution in [0.15, 0.2) is 24.3 Å². The van der Waals surface area contributed by atoms with Crippen LogP contribution in [0.25, 0.3) is 0 Å². The van der Waals surface area contributed by atoms with Crippen LogP contribution in [0.1, 0.15) is 24.0 Å². The van der Waals surface area contributed by atoms with Crippen molar-refractivity contribution in [2.75, 3.05) is 5.75 Å². The standard InChI is InChI=1S/C12H18N2O2S/c13-7-11-2-1-3-12(6-11)8-14-17(15,16)9-10-4-5-10/h1-3,6,10,14H,4-5,7-9,13H2. The van der Waals surface area contributed by atoms with Crippen LogP contribution in [0, 0.1) is 5.92 Å². The smallest absolute Gasteiger partial charge is 0.212 e. The second-order valence-corrected chi connectivity index (χ2v) is 6.42. The van der Waals surface area contributed by atoms with Gasteiger partial charge < -0.3 is 5.73 Å². The summed E-state index contributed by atoms with van der Waals surface area (Å²) < 4.78 is 26.0. The molecule has 1 aromatic rings. The van der Waals surface area contributed by atoms with Crippen LogP contribution in [0.3, 0.4) is 0 Å². The van der Waals surface area contributed by atoms with Gasteiger partial charge in [0.1, 0.15) is 0 Å². The molecule has 0 bridgehead atoms. The summed E-state index contributed by atoms with van der Waals surface area (Å²) >= 11 is 0. The molecule has 0 radical (unpaired) electrons. The molecule has 5 heteroatoms. The molecule has 1 aliphatic rings. The van der Waals surface area contributed by atoms with Gasteiger partial charge in [-0.1, -0.05) is 24.3 Å². The summed E-state index contributed by atoms with van der Waals surface area (Å²) in [6.07, 6.45) is 2.09. The van der Waals surface area contributed by atoms with E-state index in [9.17, 15) is 8.42 Å². The Bertz CT molecular complexity index is 481. The fourth-order valence-corrected chi connectivity index (χ4v) is 3.17. The van der Waals surface area contributed by atoms with E-state index in [2.05, 4.69) is 4.72 Å². The number of nitrogens with two attached hydrogens (primary N) is 1. The highest BCUT2D eigenvalue weighted by Crippen LogP contribution is 2.29. The molecule has 0 amide bonds. The number of rotatable bonds is 6. The molecule has 0 aromatic heterocycles. The van der Waals surface area contributed by atoms with E-state index in [4.69, 9.17) is 5.73 Å². The molecular formula is C12H18N2O2S. The van der Waals surface area contributed by atoms with Crippen LogP contribution in [0.5, 0.6) is 0 Å². The zero-order valence-electron chi connectivity index (χ0n) is 9.72. The molecule has 0 saturated heterocycles. The van der Waals surface area contributed by atoms with Gasteiger partial charge >= 0.3 is 0 Å². The summed E-state index contributed by atoms with van der Waals surface area (Å²) in [6.45, 7) is 0.825.